The maximum atomic E-state index is 11.5. The molecule has 0 heterocycles. The van der Waals surface area contributed by atoms with Gasteiger partial charge in [0.05, 0.1) is 66.6 Å². The number of nitrogens with zero attached hydrogens (tertiary/aromatic N) is 2. The van der Waals surface area contributed by atoms with Crippen molar-refractivity contribution in [2.24, 2.45) is 0 Å². The molecule has 0 rings (SSSR count). The van der Waals surface area contributed by atoms with Gasteiger partial charge in [-0.3, -0.25) is 18.0 Å². The Kier molecular flexibility index (Phi) is 49.0. The number of ether oxygens (including phenoxy) is 2. The third-order valence-electron chi connectivity index (χ3n) is 12.0. The van der Waals surface area contributed by atoms with Gasteiger partial charge in [-0.15, -0.1) is 0 Å². The molecule has 0 fully saturated rings. The number of rotatable bonds is 42. The Bertz CT molecular complexity index is 937. The summed E-state index contributed by atoms with van der Waals surface area (Å²) in [4.78, 5) is 23.0. The first-order valence-corrected chi connectivity index (χ1v) is 27.1. The van der Waals surface area contributed by atoms with Crippen LogP contribution in [0.3, 0.4) is 0 Å². The topological polar surface area (TPSA) is 133 Å². The van der Waals surface area contributed by atoms with Gasteiger partial charge in [0.2, 0.25) is 0 Å². The number of hydrogen-bond acceptors (Lipinski definition) is 8. The Labute approximate surface area is 380 Å². The van der Waals surface area contributed by atoms with Crippen molar-refractivity contribution in [2.45, 2.75) is 247 Å². The third kappa shape index (κ3) is 54.8. The summed E-state index contributed by atoms with van der Waals surface area (Å²) in [5.41, 5.74) is 0. The minimum Gasteiger partial charge on any atom is -0.759 e. The maximum absolute atomic E-state index is 11.5. The zero-order chi connectivity index (χ0) is 46.4. The molecule has 0 saturated heterocycles. The molecule has 0 aliphatic heterocycles. The fourth-order valence-corrected chi connectivity index (χ4v) is 8.11. The monoisotopic (exact) mass is 893 g/mol. The molecule has 11 heteroatoms. The number of esters is 2. The highest BCUT2D eigenvalue weighted by molar-refractivity contribution is 7.79. The molecule has 0 aliphatic rings. The van der Waals surface area contributed by atoms with E-state index < -0.39 is 10.4 Å². The summed E-state index contributed by atoms with van der Waals surface area (Å²) in [6.07, 6.45) is 41.2. The second-order valence-corrected chi connectivity index (χ2v) is 19.1. The fraction of sp³-hybridized carbons (Fsp3) is 0.960. The van der Waals surface area contributed by atoms with Crippen LogP contribution in [0, 0.1) is 0 Å². The van der Waals surface area contributed by atoms with Crippen molar-refractivity contribution in [1.82, 2.24) is 0 Å². The predicted molar refractivity (Wildman–Crippen MR) is 256 cm³/mol. The Morgan fingerprint density at radius 2 is 0.541 bits per heavy atom. The van der Waals surface area contributed by atoms with E-state index in [1.807, 2.05) is 13.8 Å². The highest BCUT2D eigenvalue weighted by atomic mass is 32.3. The first-order chi connectivity index (χ1) is 29.2. The zero-order valence-corrected chi connectivity index (χ0v) is 42.7. The molecule has 0 unspecified atom stereocenters. The first-order valence-electron chi connectivity index (χ1n) is 25.8. The quantitative estimate of drug-likeness (QED) is 0.0194. The van der Waals surface area contributed by atoms with E-state index in [2.05, 4.69) is 41.8 Å². The fourth-order valence-electron chi connectivity index (χ4n) is 8.11. The van der Waals surface area contributed by atoms with Gasteiger partial charge < -0.3 is 27.5 Å². The molecule has 0 aromatic heterocycles. The van der Waals surface area contributed by atoms with Crippen LogP contribution < -0.4 is 0 Å². The normalized spacial score (nSPS) is 11.7. The maximum Gasteiger partial charge on any atom is 0.305 e. The Balaban J connectivity index is -0.000000991. The van der Waals surface area contributed by atoms with E-state index in [0.29, 0.717) is 26.1 Å². The van der Waals surface area contributed by atoms with Crippen LogP contribution in [0.25, 0.3) is 0 Å². The van der Waals surface area contributed by atoms with Gasteiger partial charge in [-0.1, -0.05) is 130 Å². The van der Waals surface area contributed by atoms with E-state index in [0.717, 1.165) is 25.7 Å². The Morgan fingerprint density at radius 3 is 0.738 bits per heavy atom. The minimum atomic E-state index is -5.17. The Hall–Kier alpha value is -1.27. The SMILES string of the molecule is CCCCCCCC[N+](C)(CCCCCCCC)CCCCCC(=O)OCC.CCCCCCCC[N+](C)(CCCCCCCC)CCCCCC(=O)OCC.O=S(=O)([O-])[O-]. The van der Waals surface area contributed by atoms with Crippen LogP contribution in [-0.2, 0) is 29.5 Å². The van der Waals surface area contributed by atoms with Crippen molar-refractivity contribution in [3.05, 3.63) is 0 Å². The van der Waals surface area contributed by atoms with E-state index in [1.165, 1.54) is 215 Å². The van der Waals surface area contributed by atoms with Crippen molar-refractivity contribution < 1.29 is 45.6 Å². The summed E-state index contributed by atoms with van der Waals surface area (Å²) < 4.78 is 46.6. The van der Waals surface area contributed by atoms with Gasteiger partial charge in [0.25, 0.3) is 0 Å². The summed E-state index contributed by atoms with van der Waals surface area (Å²) in [6.45, 7) is 21.8. The Morgan fingerprint density at radius 1 is 0.361 bits per heavy atom. The first kappa shape index (κ1) is 64.0. The van der Waals surface area contributed by atoms with Crippen molar-refractivity contribution in [2.75, 3.05) is 66.6 Å². The van der Waals surface area contributed by atoms with Crippen LogP contribution in [0.5, 0.6) is 0 Å². The van der Waals surface area contributed by atoms with Crippen molar-refractivity contribution in [3.8, 4) is 0 Å². The number of hydrogen-bond donors (Lipinski definition) is 0. The van der Waals surface area contributed by atoms with Gasteiger partial charge in [0, 0.05) is 23.2 Å². The molecule has 0 spiro atoms. The van der Waals surface area contributed by atoms with Crippen molar-refractivity contribution in [3.63, 3.8) is 0 Å². The minimum absolute atomic E-state index is 0.0288. The summed E-state index contributed by atoms with van der Waals surface area (Å²) >= 11 is 0. The molecule has 0 atom stereocenters. The van der Waals surface area contributed by atoms with Gasteiger partial charge in [-0.2, -0.15) is 0 Å². The number of carbonyl (C=O) groups excluding carboxylic acids is 2. The summed E-state index contributed by atoms with van der Waals surface area (Å²) in [6, 6.07) is 0. The largest absolute Gasteiger partial charge is 0.759 e. The molecule has 61 heavy (non-hydrogen) atoms. The number of quaternary nitrogens is 2. The molecule has 0 aromatic carbocycles. The van der Waals surface area contributed by atoms with Crippen LogP contribution in [0.1, 0.15) is 247 Å². The second-order valence-electron chi connectivity index (χ2n) is 18.3. The van der Waals surface area contributed by atoms with E-state index in [9.17, 15) is 9.59 Å². The molecular formula is C50H104N2O8S. The standard InChI is InChI=1S/2C25H52NO2.H2O4S/c2*1-5-8-10-12-14-18-22-26(4,23-19-15-13-11-9-6-2)24-20-16-17-21-25(27)28-7-3;1-5(2,3)4/h2*5-24H2,1-4H3;(H2,1,2,3,4)/q2*+1;/p-2. The molecule has 368 valence electrons. The van der Waals surface area contributed by atoms with Gasteiger partial charge in [0.1, 0.15) is 0 Å². The van der Waals surface area contributed by atoms with E-state index in [1.54, 1.807) is 0 Å². The molecule has 0 aromatic rings. The van der Waals surface area contributed by atoms with Crippen molar-refractivity contribution >= 4 is 22.3 Å². The van der Waals surface area contributed by atoms with Gasteiger partial charge in [-0.25, -0.2) is 0 Å². The molecule has 0 N–H and O–H groups in total. The third-order valence-corrected chi connectivity index (χ3v) is 12.0. The summed E-state index contributed by atoms with van der Waals surface area (Å²) in [5.74, 6) is -0.0576. The van der Waals surface area contributed by atoms with E-state index in [-0.39, 0.29) is 11.9 Å². The summed E-state index contributed by atoms with van der Waals surface area (Å²) in [7, 11) is -0.215. The van der Waals surface area contributed by atoms with Crippen LogP contribution >= 0.6 is 0 Å². The molecule has 10 nitrogen and oxygen atoms in total. The highest BCUT2D eigenvalue weighted by Gasteiger charge is 2.21. The van der Waals surface area contributed by atoms with E-state index >= 15 is 0 Å². The molecule has 0 amide bonds. The van der Waals surface area contributed by atoms with Crippen molar-refractivity contribution in [1.29, 1.82) is 0 Å². The molecular weight excluding hydrogens is 789 g/mol. The average molecular weight is 893 g/mol. The van der Waals surface area contributed by atoms with Crippen LogP contribution in [0.2, 0.25) is 0 Å². The van der Waals surface area contributed by atoms with Gasteiger partial charge in [0.15, 0.2) is 0 Å². The number of carbonyl (C=O) groups is 2. The van der Waals surface area contributed by atoms with Crippen LogP contribution in [0.15, 0.2) is 0 Å². The van der Waals surface area contributed by atoms with Gasteiger partial charge in [-0.05, 0) is 104 Å². The lowest BCUT2D eigenvalue weighted by Gasteiger charge is -2.35. The predicted octanol–water partition coefficient (Wildman–Crippen LogP) is 13.2. The molecule has 0 aliphatic carbocycles. The molecule has 0 bridgehead atoms. The van der Waals surface area contributed by atoms with Crippen LogP contribution in [-0.4, -0.2) is 105 Å². The highest BCUT2D eigenvalue weighted by Crippen LogP contribution is 2.18. The zero-order valence-electron chi connectivity index (χ0n) is 41.9. The second kappa shape index (κ2) is 46.7. The molecule has 0 radical (unpaired) electrons. The van der Waals surface area contributed by atoms with Gasteiger partial charge >= 0.3 is 11.9 Å². The lowest BCUT2D eigenvalue weighted by Crippen LogP contribution is -2.46. The van der Waals surface area contributed by atoms with E-state index in [4.69, 9.17) is 27.0 Å². The summed E-state index contributed by atoms with van der Waals surface area (Å²) in [5, 5.41) is 0. The molecule has 0 saturated carbocycles. The average Bonchev–Trinajstić information content (AvgIpc) is 3.20. The lowest BCUT2D eigenvalue weighted by atomic mass is 10.1. The smallest absolute Gasteiger partial charge is 0.305 e. The lowest BCUT2D eigenvalue weighted by molar-refractivity contribution is -0.910. The van der Waals surface area contributed by atoms with Crippen LogP contribution in [0.4, 0.5) is 0 Å². The number of unbranched alkanes of at least 4 members (excludes halogenated alkanes) is 24.